The van der Waals surface area contributed by atoms with Crippen LogP contribution in [-0.2, 0) is 10.0 Å². The van der Waals surface area contributed by atoms with Gasteiger partial charge in [0.2, 0.25) is 10.0 Å². The molecule has 0 spiro atoms. The van der Waals surface area contributed by atoms with Crippen molar-refractivity contribution in [3.63, 3.8) is 0 Å². The van der Waals surface area contributed by atoms with Gasteiger partial charge in [0, 0.05) is 17.9 Å². The molecule has 2 atom stereocenters. The van der Waals surface area contributed by atoms with Crippen molar-refractivity contribution in [1.82, 2.24) is 5.32 Å². The Kier molecular flexibility index (Phi) is 6.10. The van der Waals surface area contributed by atoms with Crippen LogP contribution in [0.15, 0.2) is 14.5 Å². The first kappa shape index (κ1) is 17.2. The summed E-state index contributed by atoms with van der Waals surface area (Å²) in [6.07, 6.45) is 3.71. The minimum atomic E-state index is -3.64. The Morgan fingerprint density at radius 1 is 1.52 bits per heavy atom. The molecule has 2 rings (SSSR count). The van der Waals surface area contributed by atoms with Crippen LogP contribution in [0.3, 0.4) is 0 Å². The Bertz CT molecular complexity index is 571. The molecule has 0 saturated carbocycles. The third kappa shape index (κ3) is 4.43. The normalized spacial score (nSPS) is 22.2. The van der Waals surface area contributed by atoms with Crippen molar-refractivity contribution in [3.8, 4) is 0 Å². The lowest BCUT2D eigenvalue weighted by molar-refractivity contribution is 0.282. The lowest BCUT2D eigenvalue weighted by atomic mass is 10.0. The van der Waals surface area contributed by atoms with Crippen LogP contribution in [0, 0.1) is 0 Å². The van der Waals surface area contributed by atoms with Gasteiger partial charge in [-0.1, -0.05) is 6.92 Å². The van der Waals surface area contributed by atoms with Crippen molar-refractivity contribution >= 4 is 33.1 Å². The third-order valence-corrected chi connectivity index (χ3v) is 7.57. The van der Waals surface area contributed by atoms with E-state index in [1.807, 2.05) is 0 Å². The van der Waals surface area contributed by atoms with E-state index in [1.54, 1.807) is 17.8 Å². The molecule has 0 amide bonds. The maximum Gasteiger partial charge on any atom is 0.247 e. The van der Waals surface area contributed by atoms with Gasteiger partial charge in [-0.05, 0) is 43.9 Å². The highest BCUT2D eigenvalue weighted by atomic mass is 32.3. The molecule has 1 aliphatic rings. The fourth-order valence-electron chi connectivity index (χ4n) is 2.44. The monoisotopic (exact) mass is 350 g/mol. The average molecular weight is 351 g/mol. The molecule has 0 unspecified atom stereocenters. The zero-order valence-electron chi connectivity index (χ0n) is 12.0. The molecule has 120 valence electrons. The molecule has 2 heterocycles. The number of aliphatic hydroxyl groups excluding tert-OH is 1. The predicted octanol–water partition coefficient (Wildman–Crippen LogP) is 2.07. The smallest absolute Gasteiger partial charge is 0.247 e. The molecule has 1 aromatic rings. The SMILES string of the molecule is CCCN[C@@H]1C[C@@H](CCCO)Sc2sc(S(N)(=O)=O)cc21. The summed E-state index contributed by atoms with van der Waals surface area (Å²) in [5.74, 6) is 0. The second-order valence-corrected chi connectivity index (χ2v) is 9.61. The number of nitrogens with one attached hydrogen (secondary N) is 1. The summed E-state index contributed by atoms with van der Waals surface area (Å²) in [5.41, 5.74) is 1.06. The fourth-order valence-corrected chi connectivity index (χ4v) is 6.37. The molecule has 0 saturated heterocycles. The van der Waals surface area contributed by atoms with Gasteiger partial charge in [-0.25, -0.2) is 13.6 Å². The van der Waals surface area contributed by atoms with E-state index < -0.39 is 10.0 Å². The van der Waals surface area contributed by atoms with Crippen molar-refractivity contribution in [2.45, 2.75) is 52.3 Å². The lowest BCUT2D eigenvalue weighted by Crippen LogP contribution is -2.28. The highest BCUT2D eigenvalue weighted by Crippen LogP contribution is 2.47. The summed E-state index contributed by atoms with van der Waals surface area (Å²) in [7, 11) is -3.64. The zero-order chi connectivity index (χ0) is 15.5. The summed E-state index contributed by atoms with van der Waals surface area (Å²) in [6, 6.07) is 1.90. The summed E-state index contributed by atoms with van der Waals surface area (Å²) < 4.78 is 24.4. The van der Waals surface area contributed by atoms with Crippen LogP contribution in [0.4, 0.5) is 0 Å². The number of fused-ring (bicyclic) bond motifs is 1. The quantitative estimate of drug-likeness (QED) is 0.700. The van der Waals surface area contributed by atoms with Gasteiger partial charge >= 0.3 is 0 Å². The molecule has 21 heavy (non-hydrogen) atoms. The average Bonchev–Trinajstić information content (AvgIpc) is 2.86. The molecule has 8 heteroatoms. The molecule has 0 fully saturated rings. The van der Waals surface area contributed by atoms with Crippen LogP contribution in [0.5, 0.6) is 0 Å². The molecule has 1 aliphatic heterocycles. The van der Waals surface area contributed by atoms with Gasteiger partial charge in [0.1, 0.15) is 4.21 Å². The number of aliphatic hydroxyl groups is 1. The first-order chi connectivity index (χ1) is 9.95. The second kappa shape index (κ2) is 7.43. The van der Waals surface area contributed by atoms with Crippen molar-refractivity contribution in [2.24, 2.45) is 5.14 Å². The summed E-state index contributed by atoms with van der Waals surface area (Å²) in [4.78, 5) is 0. The minimum Gasteiger partial charge on any atom is -0.396 e. The van der Waals surface area contributed by atoms with Gasteiger partial charge in [0.15, 0.2) is 0 Å². The van der Waals surface area contributed by atoms with E-state index in [0.29, 0.717) is 5.25 Å². The molecule has 0 radical (unpaired) electrons. The number of primary sulfonamides is 1. The summed E-state index contributed by atoms with van der Waals surface area (Å²) in [6.45, 7) is 3.21. The minimum absolute atomic E-state index is 0.177. The second-order valence-electron chi connectivity index (χ2n) is 5.20. The standard InChI is InChI=1S/C13H22N2O3S3/c1-2-5-15-11-7-9(4-3-6-16)19-13-10(11)8-12(20-13)21(14,17)18/h8-9,11,15-16H,2-7H2,1H3,(H2,14,17,18)/t9-,11-/m1/s1. The third-order valence-electron chi connectivity index (χ3n) is 3.46. The van der Waals surface area contributed by atoms with Gasteiger partial charge in [-0.15, -0.1) is 23.1 Å². The van der Waals surface area contributed by atoms with Crippen LogP contribution in [0.1, 0.15) is 44.2 Å². The molecular formula is C13H22N2O3S3. The molecule has 1 aromatic heterocycles. The van der Waals surface area contributed by atoms with Crippen LogP contribution in [0.2, 0.25) is 0 Å². The Morgan fingerprint density at radius 2 is 2.29 bits per heavy atom. The molecule has 0 aromatic carbocycles. The number of hydrogen-bond acceptors (Lipinski definition) is 6. The van der Waals surface area contributed by atoms with Crippen molar-refractivity contribution in [2.75, 3.05) is 13.2 Å². The summed E-state index contributed by atoms with van der Waals surface area (Å²) >= 11 is 2.98. The van der Waals surface area contributed by atoms with Crippen molar-refractivity contribution < 1.29 is 13.5 Å². The number of hydrogen-bond donors (Lipinski definition) is 3. The van der Waals surface area contributed by atoms with Gasteiger partial charge in [0.05, 0.1) is 4.21 Å². The highest BCUT2D eigenvalue weighted by molar-refractivity contribution is 8.02. The number of nitrogens with two attached hydrogens (primary N) is 1. The van der Waals surface area contributed by atoms with E-state index in [4.69, 9.17) is 10.2 Å². The van der Waals surface area contributed by atoms with E-state index >= 15 is 0 Å². The zero-order valence-corrected chi connectivity index (χ0v) is 14.5. The number of thiophene rings is 1. The van der Waals surface area contributed by atoms with E-state index in [-0.39, 0.29) is 16.9 Å². The van der Waals surface area contributed by atoms with E-state index in [9.17, 15) is 8.42 Å². The highest BCUT2D eigenvalue weighted by Gasteiger charge is 2.30. The molecule has 5 nitrogen and oxygen atoms in total. The van der Waals surface area contributed by atoms with Gasteiger partial charge < -0.3 is 10.4 Å². The largest absolute Gasteiger partial charge is 0.396 e. The first-order valence-corrected chi connectivity index (χ1v) is 10.4. The maximum absolute atomic E-state index is 11.6. The lowest BCUT2D eigenvalue weighted by Gasteiger charge is -2.29. The van der Waals surface area contributed by atoms with E-state index in [0.717, 1.165) is 42.0 Å². The van der Waals surface area contributed by atoms with Gasteiger partial charge in [0.25, 0.3) is 0 Å². The van der Waals surface area contributed by atoms with Crippen molar-refractivity contribution in [1.29, 1.82) is 0 Å². The Hall–Kier alpha value is -0.120. The Labute approximate surface area is 134 Å². The van der Waals surface area contributed by atoms with Crippen LogP contribution >= 0.6 is 23.1 Å². The topological polar surface area (TPSA) is 92.4 Å². The van der Waals surface area contributed by atoms with Crippen LogP contribution in [0.25, 0.3) is 0 Å². The van der Waals surface area contributed by atoms with Crippen molar-refractivity contribution in [3.05, 3.63) is 11.6 Å². The predicted molar refractivity (Wildman–Crippen MR) is 87.3 cm³/mol. The van der Waals surface area contributed by atoms with E-state index in [2.05, 4.69) is 12.2 Å². The van der Waals surface area contributed by atoms with E-state index in [1.165, 1.54) is 11.3 Å². The number of rotatable bonds is 7. The number of sulfonamides is 1. The molecule has 4 N–H and O–H groups in total. The van der Waals surface area contributed by atoms with Gasteiger partial charge in [-0.3, -0.25) is 0 Å². The summed E-state index contributed by atoms with van der Waals surface area (Å²) in [5, 5.41) is 18.1. The first-order valence-electron chi connectivity index (χ1n) is 7.13. The Morgan fingerprint density at radius 3 is 2.90 bits per heavy atom. The number of thioether (sulfide) groups is 1. The fraction of sp³-hybridized carbons (Fsp3) is 0.692. The van der Waals surface area contributed by atoms with Crippen LogP contribution in [-0.4, -0.2) is 31.9 Å². The van der Waals surface area contributed by atoms with Crippen LogP contribution < -0.4 is 10.5 Å². The molecular weight excluding hydrogens is 328 g/mol. The molecule has 0 aliphatic carbocycles. The Balaban J connectivity index is 2.24. The molecule has 0 bridgehead atoms. The maximum atomic E-state index is 11.6. The van der Waals surface area contributed by atoms with Gasteiger partial charge in [-0.2, -0.15) is 0 Å².